The first kappa shape index (κ1) is 23.3. The van der Waals surface area contributed by atoms with E-state index in [9.17, 15) is 0 Å². The predicted octanol–water partition coefficient (Wildman–Crippen LogP) is -1.31. The van der Waals surface area contributed by atoms with Crippen LogP contribution in [0.25, 0.3) is 0 Å². The highest BCUT2D eigenvalue weighted by molar-refractivity contribution is 7.37. The molecule has 10 heteroatoms. The maximum atomic E-state index is 8.25. The van der Waals surface area contributed by atoms with Crippen molar-refractivity contribution in [2.75, 3.05) is 0 Å². The van der Waals surface area contributed by atoms with Gasteiger partial charge in [-0.3, -0.25) is 0 Å². The maximum absolute atomic E-state index is 8.25. The van der Waals surface area contributed by atoms with E-state index in [1.54, 1.807) is 0 Å². The molecule has 0 saturated heterocycles. The Kier molecular flexibility index (Phi) is 36.5. The van der Waals surface area contributed by atoms with Crippen molar-refractivity contribution in [3.05, 3.63) is 30.6 Å². The van der Waals surface area contributed by atoms with Crippen LogP contribution in [0.4, 0.5) is 0 Å². The maximum Gasteiger partial charge on any atom is 2.00 e. The molecule has 0 heterocycles. The van der Waals surface area contributed by atoms with Crippen LogP contribution in [0, 0.1) is 30.6 Å². The number of rotatable bonds is 0. The molecule has 0 unspecified atom stereocenters. The van der Waals surface area contributed by atoms with Gasteiger partial charge in [-0.2, -0.15) is 0 Å². The summed E-state index contributed by atoms with van der Waals surface area (Å²) in [6, 6.07) is 0. The Labute approximate surface area is 60.9 Å². The first-order chi connectivity index (χ1) is 3.46. The van der Waals surface area contributed by atoms with E-state index in [2.05, 4.69) is 0 Å². The molecule has 0 amide bonds. The number of hydrogen-bond donors (Lipinski definition) is 0. The Morgan fingerprint density at radius 2 is 0.800 bits per heavy atom. The zero-order valence-electron chi connectivity index (χ0n) is 4.25. The lowest BCUT2D eigenvalue weighted by atomic mass is 13.1. The molecule has 0 aromatic rings. The van der Waals surface area contributed by atoms with E-state index in [-0.39, 0.29) is 19.0 Å². The molecule has 0 aliphatic carbocycles. The normalized spacial score (nSPS) is 4.80. The van der Waals surface area contributed by atoms with E-state index in [1.165, 1.54) is 0 Å². The molecule has 0 aromatic heterocycles. The van der Waals surface area contributed by atoms with Gasteiger partial charge in [0.2, 0.25) is 0 Å². The standard InChI is InChI=1S/2NO3.H2O.S/c2*2-1(3)4;;/h;;1H2;/q2*-1;;+2. The van der Waals surface area contributed by atoms with Crippen LogP contribution >= 0.6 is 0 Å². The molecular formula is H2N2O7S. The average Bonchev–Trinajstić information content (AvgIpc) is 1.25. The fraction of sp³-hybridized carbons (Fsp3) is 0. The fourth-order valence-corrected chi connectivity index (χ4v) is 0. The Hall–Kier alpha value is -1.29. The molecule has 9 nitrogen and oxygen atoms in total. The fourth-order valence-electron chi connectivity index (χ4n) is 0. The lowest BCUT2D eigenvalue weighted by Gasteiger charge is -1.74. The van der Waals surface area contributed by atoms with Crippen molar-refractivity contribution in [1.82, 2.24) is 0 Å². The molecule has 0 aliphatic rings. The zero-order valence-corrected chi connectivity index (χ0v) is 5.07. The minimum Gasteiger partial charge on any atom is -0.412 e. The van der Waals surface area contributed by atoms with Gasteiger partial charge in [0.25, 0.3) is 0 Å². The van der Waals surface area contributed by atoms with Crippen LogP contribution in [0.5, 0.6) is 0 Å². The van der Waals surface area contributed by atoms with Gasteiger partial charge in [0, 0.05) is 0 Å². The van der Waals surface area contributed by atoms with Crippen molar-refractivity contribution in [2.45, 2.75) is 0 Å². The van der Waals surface area contributed by atoms with Crippen molar-refractivity contribution in [3.8, 4) is 0 Å². The summed E-state index contributed by atoms with van der Waals surface area (Å²) >= 11 is 0. The highest BCUT2D eigenvalue weighted by atomic mass is 32.1. The van der Waals surface area contributed by atoms with Crippen molar-refractivity contribution >= 4 is 13.5 Å². The monoisotopic (exact) mass is 174 g/mol. The lowest BCUT2D eigenvalue weighted by molar-refractivity contribution is -0.403. The van der Waals surface area contributed by atoms with Gasteiger partial charge >= 0.3 is 13.5 Å². The molecule has 60 valence electrons. The Bertz CT molecular complexity index is 69.6. The van der Waals surface area contributed by atoms with E-state index in [4.69, 9.17) is 30.6 Å². The molecule has 2 N–H and O–H groups in total. The van der Waals surface area contributed by atoms with Crippen LogP contribution in [-0.2, 0) is 13.5 Å². The van der Waals surface area contributed by atoms with Crippen molar-refractivity contribution in [1.29, 1.82) is 0 Å². The van der Waals surface area contributed by atoms with Crippen LogP contribution in [0.2, 0.25) is 0 Å². The molecule has 10 heavy (non-hydrogen) atoms. The van der Waals surface area contributed by atoms with Crippen molar-refractivity contribution < 1.29 is 15.6 Å². The zero-order chi connectivity index (χ0) is 7.15. The molecule has 0 fully saturated rings. The lowest BCUT2D eigenvalue weighted by Crippen LogP contribution is -1.74. The quantitative estimate of drug-likeness (QED) is 0.326. The SMILES string of the molecule is O.O=[N+]([O-])[O-].O=[N+]([O-])[O-].[S+2]. The number of hydrogen-bond acceptors (Lipinski definition) is 6. The summed E-state index contributed by atoms with van der Waals surface area (Å²) in [5.74, 6) is 0. The molecule has 4 radical (unpaired) electrons. The van der Waals surface area contributed by atoms with Crippen LogP contribution in [0.15, 0.2) is 0 Å². The third kappa shape index (κ3) is 131. The smallest absolute Gasteiger partial charge is 0.412 e. The summed E-state index contributed by atoms with van der Waals surface area (Å²) in [5, 5.41) is 29.5. The van der Waals surface area contributed by atoms with Crippen LogP contribution in [0.1, 0.15) is 0 Å². The van der Waals surface area contributed by atoms with Crippen molar-refractivity contribution in [2.24, 2.45) is 0 Å². The van der Waals surface area contributed by atoms with Gasteiger partial charge in [-0.25, -0.2) is 0 Å². The van der Waals surface area contributed by atoms with Gasteiger partial charge < -0.3 is 36.1 Å². The first-order valence-electron chi connectivity index (χ1n) is 1.10. The average molecular weight is 174 g/mol. The van der Waals surface area contributed by atoms with Gasteiger partial charge in [-0.05, 0) is 0 Å². The summed E-state index contributed by atoms with van der Waals surface area (Å²) in [6.45, 7) is 0. The van der Waals surface area contributed by atoms with Gasteiger partial charge in [-0.15, -0.1) is 0 Å². The predicted molar refractivity (Wildman–Crippen MR) is 31.7 cm³/mol. The first-order valence-corrected chi connectivity index (χ1v) is 1.10. The minimum atomic E-state index is -1.75. The third-order valence-electron chi connectivity index (χ3n) is 0. The minimum absolute atomic E-state index is 0. The highest BCUT2D eigenvalue weighted by Crippen LogP contribution is 1.44. The Morgan fingerprint density at radius 1 is 0.800 bits per heavy atom. The number of nitrogens with zero attached hydrogens (tertiary/aromatic N) is 2. The van der Waals surface area contributed by atoms with Gasteiger partial charge in [0.15, 0.2) is 0 Å². The van der Waals surface area contributed by atoms with E-state index >= 15 is 0 Å². The molecule has 0 atom stereocenters. The highest BCUT2D eigenvalue weighted by Gasteiger charge is 2.00. The molecule has 0 aliphatic heterocycles. The Morgan fingerprint density at radius 3 is 0.800 bits per heavy atom. The van der Waals surface area contributed by atoms with Gasteiger partial charge in [0.1, 0.15) is 0 Å². The molecule has 0 bridgehead atoms. The second-order valence-corrected chi connectivity index (χ2v) is 0.447. The van der Waals surface area contributed by atoms with E-state index in [0.29, 0.717) is 0 Å². The van der Waals surface area contributed by atoms with E-state index < -0.39 is 10.2 Å². The molecule has 0 aromatic carbocycles. The largest absolute Gasteiger partial charge is 2.00 e. The summed E-state index contributed by atoms with van der Waals surface area (Å²) in [5.41, 5.74) is 0. The second kappa shape index (κ2) is 15.6. The van der Waals surface area contributed by atoms with Gasteiger partial charge in [-0.1, -0.05) is 0 Å². The van der Waals surface area contributed by atoms with E-state index in [1.807, 2.05) is 0 Å². The van der Waals surface area contributed by atoms with Gasteiger partial charge in [0.05, 0.1) is 10.2 Å². The molecule has 0 saturated carbocycles. The molecule has 0 rings (SSSR count). The molecular weight excluding hydrogens is 172 g/mol. The molecule has 0 spiro atoms. The third-order valence-corrected chi connectivity index (χ3v) is 0. The summed E-state index contributed by atoms with van der Waals surface area (Å²) in [6.07, 6.45) is 0. The topological polar surface area (TPSA) is 164 Å². The van der Waals surface area contributed by atoms with Crippen LogP contribution in [-0.4, -0.2) is 15.6 Å². The summed E-state index contributed by atoms with van der Waals surface area (Å²) in [7, 11) is 0. The second-order valence-electron chi connectivity index (χ2n) is 0.447. The van der Waals surface area contributed by atoms with Crippen LogP contribution in [0.3, 0.4) is 0 Å². The summed E-state index contributed by atoms with van der Waals surface area (Å²) < 4.78 is 0. The van der Waals surface area contributed by atoms with E-state index in [0.717, 1.165) is 0 Å². The van der Waals surface area contributed by atoms with Crippen molar-refractivity contribution in [3.63, 3.8) is 0 Å². The Balaban J connectivity index is -0.0000000300. The summed E-state index contributed by atoms with van der Waals surface area (Å²) in [4.78, 5) is 16.5. The van der Waals surface area contributed by atoms with Crippen LogP contribution < -0.4 is 0 Å².